The largest absolute Gasteiger partial charge is 0.497 e. The van der Waals surface area contributed by atoms with Gasteiger partial charge in [-0.25, -0.2) is 4.68 Å². The molecule has 0 aliphatic carbocycles. The first-order valence-electron chi connectivity index (χ1n) is 10.5. The van der Waals surface area contributed by atoms with Crippen molar-refractivity contribution < 1.29 is 14.6 Å². The fourth-order valence-corrected chi connectivity index (χ4v) is 3.75. The molecule has 1 aliphatic heterocycles. The summed E-state index contributed by atoms with van der Waals surface area (Å²) in [4.78, 5) is 18.0. The lowest BCUT2D eigenvalue weighted by molar-refractivity contribution is -0.113. The van der Waals surface area contributed by atoms with Crippen molar-refractivity contribution in [3.63, 3.8) is 0 Å². The quantitative estimate of drug-likeness (QED) is 0.511. The molecule has 168 valence electrons. The van der Waals surface area contributed by atoms with Crippen molar-refractivity contribution in [3.8, 4) is 11.8 Å². The molecule has 1 atom stereocenters. The number of aliphatic hydroxyl groups excluding tert-OH is 1. The molecule has 33 heavy (non-hydrogen) atoms. The Morgan fingerprint density at radius 3 is 2.61 bits per heavy atom. The summed E-state index contributed by atoms with van der Waals surface area (Å²) in [6, 6.07) is 15.7. The van der Waals surface area contributed by atoms with Gasteiger partial charge >= 0.3 is 0 Å². The fraction of sp³-hybridized carbons (Fsp3) is 0.250. The van der Waals surface area contributed by atoms with E-state index in [4.69, 9.17) is 9.84 Å². The zero-order valence-electron chi connectivity index (χ0n) is 18.4. The number of aliphatic hydroxyl groups is 1. The topological polar surface area (TPSA) is 125 Å². The zero-order valence-corrected chi connectivity index (χ0v) is 18.4. The second-order valence-corrected chi connectivity index (χ2v) is 7.61. The number of hydrogen-bond acceptors (Lipinski definition) is 7. The Kier molecular flexibility index (Phi) is 6.38. The highest BCUT2D eigenvalue weighted by atomic mass is 16.5. The van der Waals surface area contributed by atoms with Gasteiger partial charge in [-0.3, -0.25) is 4.79 Å². The smallest absolute Gasteiger partial charge is 0.255 e. The molecule has 1 aliphatic rings. The van der Waals surface area contributed by atoms with Crippen LogP contribution in [0.5, 0.6) is 5.75 Å². The normalized spacial score (nSPS) is 14.8. The molecule has 0 bridgehead atoms. The molecule has 0 saturated carbocycles. The molecule has 1 amide bonds. The number of ether oxygens (including phenoxy) is 1. The lowest BCUT2D eigenvalue weighted by Crippen LogP contribution is -2.31. The van der Waals surface area contributed by atoms with E-state index in [1.807, 2.05) is 19.1 Å². The second kappa shape index (κ2) is 9.54. The molecule has 2 aromatic carbocycles. The molecule has 9 nitrogen and oxygen atoms in total. The van der Waals surface area contributed by atoms with Gasteiger partial charge in [-0.15, -0.1) is 0 Å². The maximum atomic E-state index is 13.4. The average Bonchev–Trinajstić information content (AvgIpc) is 3.24. The Morgan fingerprint density at radius 2 is 1.97 bits per heavy atom. The summed E-state index contributed by atoms with van der Waals surface area (Å²) in [5.74, 6) is 1.52. The maximum Gasteiger partial charge on any atom is 0.255 e. The van der Waals surface area contributed by atoms with Crippen molar-refractivity contribution in [1.29, 1.82) is 5.26 Å². The summed E-state index contributed by atoms with van der Waals surface area (Å²) in [6.45, 7) is 1.87. The van der Waals surface area contributed by atoms with Gasteiger partial charge in [0.2, 0.25) is 5.95 Å². The number of nitrogens with zero attached hydrogens (tertiary/aromatic N) is 4. The van der Waals surface area contributed by atoms with Crippen molar-refractivity contribution in [2.45, 2.75) is 25.8 Å². The van der Waals surface area contributed by atoms with Gasteiger partial charge in [0, 0.05) is 24.4 Å². The molecule has 4 rings (SSSR count). The Hall–Kier alpha value is -4.16. The van der Waals surface area contributed by atoms with E-state index in [0.29, 0.717) is 52.9 Å². The maximum absolute atomic E-state index is 13.4. The molecule has 3 aromatic rings. The molecule has 2 heterocycles. The monoisotopic (exact) mass is 444 g/mol. The summed E-state index contributed by atoms with van der Waals surface area (Å²) in [5, 5.41) is 29.1. The molecule has 1 aromatic heterocycles. The van der Waals surface area contributed by atoms with Crippen LogP contribution in [-0.4, -0.2) is 39.5 Å². The number of carbonyl (C=O) groups is 1. The molecule has 0 spiro atoms. The summed E-state index contributed by atoms with van der Waals surface area (Å²) in [5.41, 5.74) is 3.10. The van der Waals surface area contributed by atoms with Crippen LogP contribution in [0.2, 0.25) is 0 Å². The van der Waals surface area contributed by atoms with E-state index in [1.165, 1.54) is 0 Å². The number of rotatable bonds is 7. The van der Waals surface area contributed by atoms with Gasteiger partial charge in [0.15, 0.2) is 5.82 Å². The highest BCUT2D eigenvalue weighted by Crippen LogP contribution is 2.36. The van der Waals surface area contributed by atoms with E-state index in [-0.39, 0.29) is 12.5 Å². The van der Waals surface area contributed by atoms with Crippen molar-refractivity contribution in [2.75, 3.05) is 24.4 Å². The fourth-order valence-electron chi connectivity index (χ4n) is 3.75. The first kappa shape index (κ1) is 22.0. The van der Waals surface area contributed by atoms with Crippen LogP contribution in [0.25, 0.3) is 0 Å². The van der Waals surface area contributed by atoms with E-state index in [0.717, 1.165) is 5.56 Å². The van der Waals surface area contributed by atoms with Crippen molar-refractivity contribution in [1.82, 2.24) is 14.8 Å². The van der Waals surface area contributed by atoms with Gasteiger partial charge in [0.1, 0.15) is 11.8 Å². The molecule has 1 unspecified atom stereocenters. The van der Waals surface area contributed by atoms with Gasteiger partial charge in [-0.05, 0) is 55.3 Å². The minimum atomic E-state index is -0.539. The van der Waals surface area contributed by atoms with E-state index < -0.39 is 6.04 Å². The first-order valence-corrected chi connectivity index (χ1v) is 10.5. The minimum Gasteiger partial charge on any atom is -0.497 e. The third-order valence-electron chi connectivity index (χ3n) is 5.40. The number of anilines is 2. The van der Waals surface area contributed by atoms with E-state index in [9.17, 15) is 10.1 Å². The first-order chi connectivity index (χ1) is 16.0. The van der Waals surface area contributed by atoms with Crippen LogP contribution in [0.15, 0.2) is 59.8 Å². The lowest BCUT2D eigenvalue weighted by atomic mass is 9.94. The zero-order chi connectivity index (χ0) is 23.4. The van der Waals surface area contributed by atoms with Gasteiger partial charge in [0.05, 0.1) is 24.3 Å². The van der Waals surface area contributed by atoms with Gasteiger partial charge in [-0.1, -0.05) is 12.1 Å². The number of hydrogen-bond donors (Lipinski definition) is 3. The van der Waals surface area contributed by atoms with Crippen LogP contribution in [0, 0.1) is 11.3 Å². The summed E-state index contributed by atoms with van der Waals surface area (Å²) in [6.07, 6.45) is 1.06. The van der Waals surface area contributed by atoms with Crippen LogP contribution in [-0.2, 0) is 11.2 Å². The standard InChI is InChI=1S/C24H24N6O3/c1-15-21(23(32)27-18-9-11-19(33-2)12-10-18)22(17-7-5-16(14-25)6-8-17)30-24(26-15)28-20(29-30)4-3-13-31/h5-12,22,31H,3-4,13H2,1-2H3,(H,27,32)(H,26,28,29). The number of carbonyl (C=O) groups excluding carboxylic acids is 1. The number of benzene rings is 2. The van der Waals surface area contributed by atoms with Crippen molar-refractivity contribution in [3.05, 3.63) is 76.8 Å². The van der Waals surface area contributed by atoms with Gasteiger partial charge in [0.25, 0.3) is 5.91 Å². The van der Waals surface area contributed by atoms with Crippen LogP contribution < -0.4 is 15.4 Å². The number of aromatic nitrogens is 3. The van der Waals surface area contributed by atoms with Gasteiger partial charge in [-0.2, -0.15) is 15.3 Å². The van der Waals surface area contributed by atoms with Gasteiger partial charge < -0.3 is 20.5 Å². The van der Waals surface area contributed by atoms with Crippen molar-refractivity contribution >= 4 is 17.5 Å². The number of allylic oxidation sites excluding steroid dienone is 1. The Balaban J connectivity index is 1.73. The predicted molar refractivity (Wildman–Crippen MR) is 123 cm³/mol. The van der Waals surface area contributed by atoms with E-state index >= 15 is 0 Å². The van der Waals surface area contributed by atoms with Crippen LogP contribution >= 0.6 is 0 Å². The number of methoxy groups -OCH3 is 1. The number of amides is 1. The number of fused-ring (bicyclic) bond motifs is 1. The SMILES string of the molecule is COc1ccc(NC(=O)C2=C(C)Nc3nc(CCCO)nn3C2c2ccc(C#N)cc2)cc1. The summed E-state index contributed by atoms with van der Waals surface area (Å²) >= 11 is 0. The predicted octanol–water partition coefficient (Wildman–Crippen LogP) is 3.01. The van der Waals surface area contributed by atoms with E-state index in [2.05, 4.69) is 26.8 Å². The highest BCUT2D eigenvalue weighted by molar-refractivity contribution is 6.06. The lowest BCUT2D eigenvalue weighted by Gasteiger charge is -2.28. The van der Waals surface area contributed by atoms with E-state index in [1.54, 1.807) is 48.2 Å². The minimum absolute atomic E-state index is 0.0448. The van der Waals surface area contributed by atoms with Crippen LogP contribution in [0.1, 0.15) is 36.3 Å². The molecule has 0 fully saturated rings. The summed E-state index contributed by atoms with van der Waals surface area (Å²) in [7, 11) is 1.59. The van der Waals surface area contributed by atoms with Crippen molar-refractivity contribution in [2.24, 2.45) is 0 Å². The van der Waals surface area contributed by atoms with Crippen LogP contribution in [0.4, 0.5) is 11.6 Å². The molecule has 0 radical (unpaired) electrons. The molecular formula is C24H24N6O3. The number of nitrogens with one attached hydrogen (secondary N) is 2. The Labute approximate surface area is 191 Å². The Bertz CT molecular complexity index is 1220. The molecule has 9 heteroatoms. The summed E-state index contributed by atoms with van der Waals surface area (Å²) < 4.78 is 6.87. The molecule has 0 saturated heterocycles. The molecular weight excluding hydrogens is 420 g/mol. The number of aryl methyl sites for hydroxylation is 1. The number of nitriles is 1. The average molecular weight is 444 g/mol. The highest BCUT2D eigenvalue weighted by Gasteiger charge is 2.34. The third-order valence-corrected chi connectivity index (χ3v) is 5.40. The Morgan fingerprint density at radius 1 is 1.24 bits per heavy atom. The second-order valence-electron chi connectivity index (χ2n) is 7.61. The third kappa shape index (κ3) is 4.56. The van der Waals surface area contributed by atoms with Crippen LogP contribution in [0.3, 0.4) is 0 Å². The molecule has 3 N–H and O–H groups in total.